The number of halogens is 1. The summed E-state index contributed by atoms with van der Waals surface area (Å²) in [5.74, 6) is 1.23. The third-order valence-electron chi connectivity index (χ3n) is 2.90. The van der Waals surface area contributed by atoms with Gasteiger partial charge in [-0.25, -0.2) is 0 Å². The van der Waals surface area contributed by atoms with Crippen LogP contribution in [0.4, 0.5) is 0 Å². The Morgan fingerprint density at radius 1 is 1.30 bits per heavy atom. The molecule has 120 valence electrons. The number of methoxy groups -OCH3 is 1. The van der Waals surface area contributed by atoms with Gasteiger partial charge in [-0.3, -0.25) is 5.43 Å². The average molecular weight is 394 g/mol. The number of hydrazone groups is 1. The molecule has 0 spiro atoms. The molecular formula is C16H16BrN3O2S. The Morgan fingerprint density at radius 2 is 2.04 bits per heavy atom. The summed E-state index contributed by atoms with van der Waals surface area (Å²) in [6.45, 7) is 0.414. The van der Waals surface area contributed by atoms with E-state index in [1.807, 2.05) is 42.5 Å². The minimum absolute atomic E-state index is 0.0986. The SMILES string of the molecule is COc1cccc(C=NNC(N)=S)c1OCc1ccc(Br)cc1. The summed E-state index contributed by atoms with van der Waals surface area (Å²) in [6.07, 6.45) is 1.58. The van der Waals surface area contributed by atoms with Gasteiger partial charge in [-0.1, -0.05) is 34.1 Å². The molecule has 0 fully saturated rings. The highest BCUT2D eigenvalue weighted by atomic mass is 79.9. The van der Waals surface area contributed by atoms with E-state index < -0.39 is 0 Å². The van der Waals surface area contributed by atoms with Gasteiger partial charge in [0.15, 0.2) is 16.6 Å². The fourth-order valence-corrected chi connectivity index (χ4v) is 2.17. The second kappa shape index (κ2) is 8.50. The molecule has 2 rings (SSSR count). The zero-order valence-electron chi connectivity index (χ0n) is 12.5. The number of nitrogens with one attached hydrogen (secondary N) is 1. The highest BCUT2D eigenvalue weighted by Crippen LogP contribution is 2.30. The van der Waals surface area contributed by atoms with Gasteiger partial charge in [0.2, 0.25) is 0 Å². The number of hydrogen-bond donors (Lipinski definition) is 2. The van der Waals surface area contributed by atoms with Crippen LogP contribution in [0.25, 0.3) is 0 Å². The molecular weight excluding hydrogens is 378 g/mol. The Bertz CT molecular complexity index is 705. The summed E-state index contributed by atoms with van der Waals surface area (Å²) in [7, 11) is 1.59. The number of para-hydroxylation sites is 1. The highest BCUT2D eigenvalue weighted by molar-refractivity contribution is 9.10. The molecule has 0 bridgehead atoms. The largest absolute Gasteiger partial charge is 0.493 e. The van der Waals surface area contributed by atoms with Gasteiger partial charge in [-0.05, 0) is 42.0 Å². The number of nitrogens with zero attached hydrogens (tertiary/aromatic N) is 1. The molecule has 0 aromatic heterocycles. The lowest BCUT2D eigenvalue weighted by atomic mass is 10.2. The molecule has 7 heteroatoms. The van der Waals surface area contributed by atoms with Crippen molar-refractivity contribution in [3.05, 3.63) is 58.1 Å². The van der Waals surface area contributed by atoms with E-state index in [9.17, 15) is 0 Å². The van der Waals surface area contributed by atoms with Crippen molar-refractivity contribution in [2.24, 2.45) is 10.8 Å². The van der Waals surface area contributed by atoms with Crippen molar-refractivity contribution in [3.63, 3.8) is 0 Å². The van der Waals surface area contributed by atoms with Gasteiger partial charge >= 0.3 is 0 Å². The van der Waals surface area contributed by atoms with Crippen LogP contribution in [0.15, 0.2) is 52.0 Å². The van der Waals surface area contributed by atoms with Gasteiger partial charge in [0.25, 0.3) is 0 Å². The van der Waals surface area contributed by atoms with E-state index in [0.717, 1.165) is 15.6 Å². The van der Waals surface area contributed by atoms with Crippen molar-refractivity contribution in [2.45, 2.75) is 6.61 Å². The summed E-state index contributed by atoms with van der Waals surface area (Å²) in [4.78, 5) is 0. The molecule has 0 heterocycles. The lowest BCUT2D eigenvalue weighted by Crippen LogP contribution is -2.24. The first-order valence-electron chi connectivity index (χ1n) is 6.73. The van der Waals surface area contributed by atoms with Crippen LogP contribution in [-0.2, 0) is 6.61 Å². The third-order valence-corrected chi connectivity index (χ3v) is 3.52. The highest BCUT2D eigenvalue weighted by Gasteiger charge is 2.09. The zero-order valence-corrected chi connectivity index (χ0v) is 14.9. The van der Waals surface area contributed by atoms with E-state index in [1.54, 1.807) is 13.3 Å². The molecule has 5 nitrogen and oxygen atoms in total. The summed E-state index contributed by atoms with van der Waals surface area (Å²) in [5, 5.41) is 4.06. The maximum absolute atomic E-state index is 5.92. The summed E-state index contributed by atoms with van der Waals surface area (Å²) < 4.78 is 12.3. The van der Waals surface area contributed by atoms with E-state index in [4.69, 9.17) is 27.4 Å². The fraction of sp³-hybridized carbons (Fsp3) is 0.125. The Kier molecular flexibility index (Phi) is 6.37. The first kappa shape index (κ1) is 17.2. The molecule has 2 aromatic rings. The number of benzene rings is 2. The Hall–Kier alpha value is -2.12. The fourth-order valence-electron chi connectivity index (χ4n) is 1.85. The molecule has 0 aliphatic heterocycles. The minimum Gasteiger partial charge on any atom is -0.493 e. The maximum atomic E-state index is 5.92. The molecule has 0 saturated heterocycles. The Morgan fingerprint density at radius 3 is 2.70 bits per heavy atom. The molecule has 3 N–H and O–H groups in total. The maximum Gasteiger partial charge on any atom is 0.184 e. The van der Waals surface area contributed by atoms with Crippen molar-refractivity contribution in [1.29, 1.82) is 0 Å². The van der Waals surface area contributed by atoms with Crippen LogP contribution in [0.1, 0.15) is 11.1 Å². The van der Waals surface area contributed by atoms with Crippen molar-refractivity contribution in [1.82, 2.24) is 5.43 Å². The van der Waals surface area contributed by atoms with E-state index in [-0.39, 0.29) is 5.11 Å². The summed E-state index contributed by atoms with van der Waals surface area (Å²) >= 11 is 8.12. The van der Waals surface area contributed by atoms with E-state index in [2.05, 4.69) is 26.5 Å². The first-order chi connectivity index (χ1) is 11.1. The van der Waals surface area contributed by atoms with Crippen molar-refractivity contribution >= 4 is 39.5 Å². The number of rotatable bonds is 6. The van der Waals surface area contributed by atoms with Crippen LogP contribution in [0.5, 0.6) is 11.5 Å². The number of hydrogen-bond acceptors (Lipinski definition) is 4. The number of thiocarbonyl (C=S) groups is 1. The molecule has 0 saturated carbocycles. The van der Waals surface area contributed by atoms with Crippen molar-refractivity contribution in [2.75, 3.05) is 7.11 Å². The van der Waals surface area contributed by atoms with Crippen LogP contribution >= 0.6 is 28.1 Å². The average Bonchev–Trinajstić information content (AvgIpc) is 2.54. The Balaban J connectivity index is 2.19. The second-order valence-electron chi connectivity index (χ2n) is 4.53. The molecule has 2 aromatic carbocycles. The monoisotopic (exact) mass is 393 g/mol. The van der Waals surface area contributed by atoms with Gasteiger partial charge in [0.05, 0.1) is 13.3 Å². The predicted molar refractivity (Wildman–Crippen MR) is 99.0 cm³/mol. The van der Waals surface area contributed by atoms with Crippen LogP contribution in [0, 0.1) is 0 Å². The molecule has 0 radical (unpaired) electrons. The molecule has 23 heavy (non-hydrogen) atoms. The Labute approximate surface area is 148 Å². The molecule has 0 unspecified atom stereocenters. The topological polar surface area (TPSA) is 68.9 Å². The van der Waals surface area contributed by atoms with Crippen LogP contribution in [-0.4, -0.2) is 18.4 Å². The molecule has 0 atom stereocenters. The van der Waals surface area contributed by atoms with Crippen LogP contribution in [0.2, 0.25) is 0 Å². The second-order valence-corrected chi connectivity index (χ2v) is 5.88. The zero-order chi connectivity index (χ0) is 16.7. The van der Waals surface area contributed by atoms with Crippen molar-refractivity contribution in [3.8, 4) is 11.5 Å². The first-order valence-corrected chi connectivity index (χ1v) is 7.93. The normalized spacial score (nSPS) is 10.5. The lowest BCUT2D eigenvalue weighted by Gasteiger charge is -2.13. The number of ether oxygens (including phenoxy) is 2. The van der Waals surface area contributed by atoms with E-state index >= 15 is 0 Å². The van der Waals surface area contributed by atoms with Crippen LogP contribution in [0.3, 0.4) is 0 Å². The van der Waals surface area contributed by atoms with E-state index in [0.29, 0.717) is 18.1 Å². The third kappa shape index (κ3) is 5.22. The van der Waals surface area contributed by atoms with E-state index in [1.165, 1.54) is 0 Å². The number of nitrogens with two attached hydrogens (primary N) is 1. The minimum atomic E-state index is 0.0986. The molecule has 0 aliphatic carbocycles. The molecule has 0 aliphatic rings. The van der Waals surface area contributed by atoms with Crippen molar-refractivity contribution < 1.29 is 9.47 Å². The van der Waals surface area contributed by atoms with Gasteiger partial charge in [-0.15, -0.1) is 0 Å². The summed E-state index contributed by atoms with van der Waals surface area (Å²) in [5.41, 5.74) is 9.66. The summed E-state index contributed by atoms with van der Waals surface area (Å²) in [6, 6.07) is 13.5. The predicted octanol–water partition coefficient (Wildman–Crippen LogP) is 3.20. The van der Waals surface area contributed by atoms with Gasteiger partial charge in [0.1, 0.15) is 6.61 Å². The van der Waals surface area contributed by atoms with Gasteiger partial charge < -0.3 is 15.2 Å². The smallest absolute Gasteiger partial charge is 0.184 e. The van der Waals surface area contributed by atoms with Gasteiger partial charge in [-0.2, -0.15) is 5.10 Å². The van der Waals surface area contributed by atoms with Crippen LogP contribution < -0.4 is 20.6 Å². The standard InChI is InChI=1S/C16H16BrN3O2S/c1-21-14-4-2-3-12(9-19-20-16(18)23)15(14)22-10-11-5-7-13(17)8-6-11/h2-9H,10H2,1H3,(H3,18,20,23). The van der Waals surface area contributed by atoms with Gasteiger partial charge in [0, 0.05) is 10.0 Å². The molecule has 0 amide bonds. The quantitative estimate of drug-likeness (QED) is 0.448. The lowest BCUT2D eigenvalue weighted by molar-refractivity contribution is 0.284.